The van der Waals surface area contributed by atoms with Gasteiger partial charge in [-0.1, -0.05) is 18.2 Å². The number of aryl methyl sites for hydroxylation is 1. The summed E-state index contributed by atoms with van der Waals surface area (Å²) in [6.45, 7) is 2.04. The Morgan fingerprint density at radius 3 is 2.82 bits per heavy atom. The number of hydrogen-bond acceptors (Lipinski definition) is 5. The van der Waals surface area contributed by atoms with Gasteiger partial charge in [-0.3, -0.25) is 14.2 Å². The molecule has 8 heteroatoms. The molecule has 3 aromatic rings. The van der Waals surface area contributed by atoms with Gasteiger partial charge in [-0.25, -0.2) is 0 Å². The number of rotatable bonds is 6. The summed E-state index contributed by atoms with van der Waals surface area (Å²) in [5, 5.41) is 19.2. The van der Waals surface area contributed by atoms with Gasteiger partial charge in [0.05, 0.1) is 43.2 Å². The normalized spacial score (nSPS) is 14.6. The van der Waals surface area contributed by atoms with Crippen molar-refractivity contribution in [1.29, 1.82) is 0 Å². The molecule has 0 fully saturated rings. The molecule has 0 saturated carbocycles. The summed E-state index contributed by atoms with van der Waals surface area (Å²) >= 11 is 0. The van der Waals surface area contributed by atoms with Gasteiger partial charge in [0, 0.05) is 19.8 Å². The van der Waals surface area contributed by atoms with Gasteiger partial charge >= 0.3 is 0 Å². The van der Waals surface area contributed by atoms with E-state index in [0.29, 0.717) is 44.0 Å². The maximum Gasteiger partial charge on any atom is 0.226 e. The zero-order valence-corrected chi connectivity index (χ0v) is 15.7. The van der Waals surface area contributed by atoms with Crippen molar-refractivity contribution >= 4 is 5.91 Å². The lowest BCUT2D eigenvalue weighted by atomic mass is 10.1. The molecule has 0 unspecified atom stereocenters. The van der Waals surface area contributed by atoms with Crippen molar-refractivity contribution in [3.05, 3.63) is 65.7 Å². The van der Waals surface area contributed by atoms with Crippen LogP contribution in [0.3, 0.4) is 0 Å². The highest BCUT2D eigenvalue weighted by atomic mass is 16.5. The number of para-hydroxylation sites is 1. The zero-order chi connectivity index (χ0) is 19.5. The first-order chi connectivity index (χ1) is 13.6. The molecule has 1 N–H and O–H groups in total. The third-order valence-electron chi connectivity index (χ3n) is 4.92. The molecule has 28 heavy (non-hydrogen) atoms. The molecule has 0 saturated heterocycles. The number of aliphatic hydroxyl groups is 1. The summed E-state index contributed by atoms with van der Waals surface area (Å²) in [6.07, 6.45) is 1.13. The van der Waals surface area contributed by atoms with Crippen molar-refractivity contribution in [3.8, 4) is 5.75 Å². The summed E-state index contributed by atoms with van der Waals surface area (Å²) in [5.41, 5.74) is 2.17. The van der Waals surface area contributed by atoms with Crippen LogP contribution in [0, 0.1) is 0 Å². The number of ether oxygens (including phenoxy) is 1. The van der Waals surface area contributed by atoms with Gasteiger partial charge in [0.15, 0.2) is 0 Å². The Morgan fingerprint density at radius 2 is 2.07 bits per heavy atom. The van der Waals surface area contributed by atoms with Crippen molar-refractivity contribution in [3.63, 3.8) is 0 Å². The highest BCUT2D eigenvalue weighted by Crippen LogP contribution is 2.23. The van der Waals surface area contributed by atoms with Gasteiger partial charge < -0.3 is 14.7 Å². The highest BCUT2D eigenvalue weighted by Gasteiger charge is 2.25. The molecule has 0 aliphatic carbocycles. The molecular formula is C20H23N5O3. The summed E-state index contributed by atoms with van der Waals surface area (Å²) in [6, 6.07) is 13.1. The highest BCUT2D eigenvalue weighted by molar-refractivity contribution is 5.76. The maximum absolute atomic E-state index is 12.5. The van der Waals surface area contributed by atoms with Crippen LogP contribution in [-0.2, 0) is 24.9 Å². The number of aliphatic hydroxyl groups excluding tert-OH is 1. The lowest BCUT2D eigenvalue weighted by molar-refractivity contribution is -0.133. The molecule has 146 valence electrons. The van der Waals surface area contributed by atoms with E-state index < -0.39 is 6.10 Å². The van der Waals surface area contributed by atoms with Gasteiger partial charge in [0.25, 0.3) is 0 Å². The molecule has 1 aliphatic rings. The van der Waals surface area contributed by atoms with Crippen LogP contribution in [0.15, 0.2) is 48.7 Å². The third-order valence-corrected chi connectivity index (χ3v) is 4.92. The SMILES string of the molecule is Cn1nccc1[C@@H](O)c1cc2n(n1)CCN(C(=O)CCOc1ccccc1)C2. The van der Waals surface area contributed by atoms with Crippen molar-refractivity contribution in [2.24, 2.45) is 7.05 Å². The first-order valence-corrected chi connectivity index (χ1v) is 9.30. The molecule has 8 nitrogen and oxygen atoms in total. The Morgan fingerprint density at radius 1 is 1.25 bits per heavy atom. The van der Waals surface area contributed by atoms with Crippen LogP contribution in [0.25, 0.3) is 0 Å². The molecule has 0 radical (unpaired) electrons. The lowest BCUT2D eigenvalue weighted by Gasteiger charge is -2.27. The topological polar surface area (TPSA) is 85.4 Å². The second-order valence-electron chi connectivity index (χ2n) is 6.79. The fraction of sp³-hybridized carbons (Fsp3) is 0.350. The van der Waals surface area contributed by atoms with Crippen LogP contribution in [0.2, 0.25) is 0 Å². The second kappa shape index (κ2) is 7.85. The van der Waals surface area contributed by atoms with Gasteiger partial charge in [-0.2, -0.15) is 10.2 Å². The summed E-state index contributed by atoms with van der Waals surface area (Å²) < 4.78 is 9.11. The minimum Gasteiger partial charge on any atom is -0.493 e. The van der Waals surface area contributed by atoms with Crippen molar-refractivity contribution < 1.29 is 14.6 Å². The molecule has 4 rings (SSSR count). The number of fused-ring (bicyclic) bond motifs is 1. The van der Waals surface area contributed by atoms with E-state index in [1.807, 2.05) is 46.0 Å². The number of amides is 1. The Hall–Kier alpha value is -3.13. The standard InChI is InChI=1S/C20H23N5O3/c1-23-18(7-9-21-23)20(27)17-13-15-14-24(10-11-25(15)22-17)19(26)8-12-28-16-5-3-2-4-6-16/h2-7,9,13,20,27H,8,10-12,14H2,1H3/t20-/m0/s1. The van der Waals surface area contributed by atoms with E-state index in [9.17, 15) is 9.90 Å². The fourth-order valence-corrected chi connectivity index (χ4v) is 3.37. The van der Waals surface area contributed by atoms with Crippen LogP contribution in [-0.4, -0.2) is 48.6 Å². The van der Waals surface area contributed by atoms with E-state index in [-0.39, 0.29) is 5.91 Å². The first-order valence-electron chi connectivity index (χ1n) is 9.30. The Kier molecular flexibility index (Phi) is 5.12. The maximum atomic E-state index is 12.5. The van der Waals surface area contributed by atoms with Gasteiger partial charge in [-0.05, 0) is 24.3 Å². The van der Waals surface area contributed by atoms with E-state index >= 15 is 0 Å². The number of carbonyl (C=O) groups is 1. The van der Waals surface area contributed by atoms with E-state index in [4.69, 9.17) is 4.74 Å². The van der Waals surface area contributed by atoms with E-state index in [2.05, 4.69) is 10.2 Å². The summed E-state index contributed by atoms with van der Waals surface area (Å²) in [4.78, 5) is 14.3. The second-order valence-corrected chi connectivity index (χ2v) is 6.79. The average Bonchev–Trinajstić information content (AvgIpc) is 3.33. The zero-order valence-electron chi connectivity index (χ0n) is 15.7. The van der Waals surface area contributed by atoms with Crippen LogP contribution < -0.4 is 4.74 Å². The van der Waals surface area contributed by atoms with Crippen LogP contribution >= 0.6 is 0 Å². The van der Waals surface area contributed by atoms with Crippen molar-refractivity contribution in [1.82, 2.24) is 24.5 Å². The minimum absolute atomic E-state index is 0.0529. The lowest BCUT2D eigenvalue weighted by Crippen LogP contribution is -2.38. The molecule has 1 aromatic carbocycles. The van der Waals surface area contributed by atoms with Gasteiger partial charge in [0.2, 0.25) is 5.91 Å². The fourth-order valence-electron chi connectivity index (χ4n) is 3.37. The molecule has 2 aromatic heterocycles. The van der Waals surface area contributed by atoms with Crippen LogP contribution in [0.1, 0.15) is 29.6 Å². The van der Waals surface area contributed by atoms with E-state index in [1.54, 1.807) is 24.0 Å². The quantitative estimate of drug-likeness (QED) is 0.700. The predicted octanol–water partition coefficient (Wildman–Crippen LogP) is 1.51. The number of benzene rings is 1. The monoisotopic (exact) mass is 381 g/mol. The Bertz CT molecular complexity index is 950. The first kappa shape index (κ1) is 18.2. The van der Waals surface area contributed by atoms with Crippen LogP contribution in [0.5, 0.6) is 5.75 Å². The Labute approximate surface area is 163 Å². The number of aromatic nitrogens is 4. The molecule has 3 heterocycles. The molecule has 1 atom stereocenters. The van der Waals surface area contributed by atoms with Gasteiger partial charge in [-0.15, -0.1) is 0 Å². The van der Waals surface area contributed by atoms with Crippen molar-refractivity contribution in [2.75, 3.05) is 13.2 Å². The molecule has 1 aliphatic heterocycles. The smallest absolute Gasteiger partial charge is 0.226 e. The number of nitrogens with zero attached hydrogens (tertiary/aromatic N) is 5. The predicted molar refractivity (Wildman–Crippen MR) is 101 cm³/mol. The molecule has 0 bridgehead atoms. The summed E-state index contributed by atoms with van der Waals surface area (Å²) in [7, 11) is 1.78. The van der Waals surface area contributed by atoms with E-state index in [1.165, 1.54) is 0 Å². The number of hydrogen-bond donors (Lipinski definition) is 1. The average molecular weight is 381 g/mol. The molecule has 0 spiro atoms. The third kappa shape index (κ3) is 3.77. The van der Waals surface area contributed by atoms with Gasteiger partial charge in [0.1, 0.15) is 11.9 Å². The minimum atomic E-state index is -0.839. The van der Waals surface area contributed by atoms with Crippen LogP contribution in [0.4, 0.5) is 0 Å². The largest absolute Gasteiger partial charge is 0.493 e. The Balaban J connectivity index is 1.36. The van der Waals surface area contributed by atoms with E-state index in [0.717, 1.165) is 11.4 Å². The summed E-state index contributed by atoms with van der Waals surface area (Å²) in [5.74, 6) is 0.818. The molecule has 1 amide bonds. The number of carbonyl (C=O) groups excluding carboxylic acids is 1. The van der Waals surface area contributed by atoms with Crippen molar-refractivity contribution in [2.45, 2.75) is 25.6 Å². The molecular weight excluding hydrogens is 358 g/mol.